The lowest BCUT2D eigenvalue weighted by Gasteiger charge is -2.01. The molecular weight excluding hydrogens is 170 g/mol. The van der Waals surface area contributed by atoms with E-state index in [4.69, 9.17) is 0 Å². The van der Waals surface area contributed by atoms with Crippen LogP contribution in [-0.4, -0.2) is 13.1 Å². The molecule has 0 aliphatic rings. The highest BCUT2D eigenvalue weighted by Crippen LogP contribution is 2.05. The molecule has 0 saturated heterocycles. The lowest BCUT2D eigenvalue weighted by Crippen LogP contribution is -2.05. The number of hydrogen-bond acceptors (Lipinski definition) is 0. The average Bonchev–Trinajstić information content (AvgIpc) is 2.25. The second kappa shape index (κ2) is 7.57. The Morgan fingerprint density at radius 3 is 2.50 bits per heavy atom. The van der Waals surface area contributed by atoms with Gasteiger partial charge in [0.15, 0.2) is 0 Å². The molecule has 0 spiro atoms. The zero-order chi connectivity index (χ0) is 10.1. The van der Waals surface area contributed by atoms with Gasteiger partial charge in [-0.15, -0.1) is 0 Å². The third kappa shape index (κ3) is 5.03. The molecule has 1 aromatic carbocycles. The zero-order valence-corrected chi connectivity index (χ0v) is 9.08. The number of hydrogen-bond donors (Lipinski definition) is 0. The maximum atomic E-state index is 4.32. The smallest absolute Gasteiger partial charge is 0.0133 e. The van der Waals surface area contributed by atoms with Gasteiger partial charge >= 0.3 is 0 Å². The molecule has 0 N–H and O–H groups in total. The summed E-state index contributed by atoms with van der Waals surface area (Å²) in [5.74, 6) is 0. The summed E-state index contributed by atoms with van der Waals surface area (Å²) in [6.45, 7) is 4.12. The first-order valence-electron chi connectivity index (χ1n) is 5.60. The standard InChI is InChI=1S/C13H20N/c1-2-14-12-8-4-7-11-13-9-5-3-6-10-13/h3,5-6,9-10H,2,4,7-8,11-12H2,1H3. The van der Waals surface area contributed by atoms with Crippen molar-refractivity contribution in [1.29, 1.82) is 0 Å². The van der Waals surface area contributed by atoms with Gasteiger partial charge in [-0.05, 0) is 24.8 Å². The number of benzene rings is 1. The van der Waals surface area contributed by atoms with Crippen molar-refractivity contribution >= 4 is 0 Å². The van der Waals surface area contributed by atoms with Crippen LogP contribution in [0.5, 0.6) is 0 Å². The maximum absolute atomic E-state index is 4.32. The number of rotatable bonds is 7. The topological polar surface area (TPSA) is 14.1 Å². The van der Waals surface area contributed by atoms with Crippen LogP contribution < -0.4 is 5.32 Å². The quantitative estimate of drug-likeness (QED) is 0.587. The summed E-state index contributed by atoms with van der Waals surface area (Å²) in [6, 6.07) is 10.7. The molecule has 14 heavy (non-hydrogen) atoms. The molecule has 0 aromatic heterocycles. The highest BCUT2D eigenvalue weighted by molar-refractivity contribution is 5.14. The van der Waals surface area contributed by atoms with E-state index >= 15 is 0 Å². The van der Waals surface area contributed by atoms with Crippen LogP contribution in [0.3, 0.4) is 0 Å². The average molecular weight is 190 g/mol. The maximum Gasteiger partial charge on any atom is 0.0133 e. The number of nitrogens with zero attached hydrogens (tertiary/aromatic N) is 1. The summed E-state index contributed by atoms with van der Waals surface area (Å²) in [5, 5.41) is 4.32. The minimum atomic E-state index is 0.971. The molecular formula is C13H20N. The molecule has 0 saturated carbocycles. The van der Waals surface area contributed by atoms with Crippen molar-refractivity contribution in [2.75, 3.05) is 13.1 Å². The van der Waals surface area contributed by atoms with Crippen LogP contribution in [0.1, 0.15) is 31.7 Å². The molecule has 1 radical (unpaired) electrons. The predicted molar refractivity (Wildman–Crippen MR) is 61.5 cm³/mol. The number of unbranched alkanes of at least 4 members (excludes halogenated alkanes) is 2. The highest BCUT2D eigenvalue weighted by Gasteiger charge is 1.92. The van der Waals surface area contributed by atoms with Crippen molar-refractivity contribution in [3.8, 4) is 0 Å². The van der Waals surface area contributed by atoms with Crippen molar-refractivity contribution in [2.24, 2.45) is 0 Å². The van der Waals surface area contributed by atoms with E-state index in [9.17, 15) is 0 Å². The van der Waals surface area contributed by atoms with Gasteiger partial charge in [-0.3, -0.25) is 0 Å². The summed E-state index contributed by atoms with van der Waals surface area (Å²) in [5.41, 5.74) is 1.46. The molecule has 0 heterocycles. The lowest BCUT2D eigenvalue weighted by molar-refractivity contribution is 0.609. The van der Waals surface area contributed by atoms with Crippen LogP contribution in [0.4, 0.5) is 0 Å². The van der Waals surface area contributed by atoms with Crippen LogP contribution in [-0.2, 0) is 6.42 Å². The molecule has 1 nitrogen and oxygen atoms in total. The molecule has 77 valence electrons. The largest absolute Gasteiger partial charge is 0.242 e. The van der Waals surface area contributed by atoms with E-state index in [0.717, 1.165) is 13.1 Å². The van der Waals surface area contributed by atoms with E-state index in [1.54, 1.807) is 0 Å². The van der Waals surface area contributed by atoms with Gasteiger partial charge in [0.2, 0.25) is 0 Å². The molecule has 0 aliphatic carbocycles. The Labute approximate surface area is 87.5 Å². The monoisotopic (exact) mass is 190 g/mol. The van der Waals surface area contributed by atoms with E-state index in [2.05, 4.69) is 42.6 Å². The Kier molecular flexibility index (Phi) is 6.09. The fraction of sp³-hybridized carbons (Fsp3) is 0.538. The van der Waals surface area contributed by atoms with Crippen LogP contribution in [0.25, 0.3) is 0 Å². The fourth-order valence-corrected chi connectivity index (χ4v) is 1.53. The van der Waals surface area contributed by atoms with Gasteiger partial charge in [0.1, 0.15) is 0 Å². The molecule has 1 heteroatoms. The normalized spacial score (nSPS) is 10.4. The Morgan fingerprint density at radius 2 is 1.79 bits per heavy atom. The third-order valence-corrected chi connectivity index (χ3v) is 2.35. The van der Waals surface area contributed by atoms with Gasteiger partial charge in [0, 0.05) is 13.1 Å². The molecule has 1 aromatic rings. The van der Waals surface area contributed by atoms with Gasteiger partial charge in [-0.25, -0.2) is 5.32 Å². The van der Waals surface area contributed by atoms with Crippen LogP contribution in [0.2, 0.25) is 0 Å². The minimum absolute atomic E-state index is 0.971. The summed E-state index contributed by atoms with van der Waals surface area (Å²) in [4.78, 5) is 0. The van der Waals surface area contributed by atoms with Crippen LogP contribution in [0.15, 0.2) is 30.3 Å². The van der Waals surface area contributed by atoms with E-state index in [0.29, 0.717) is 0 Å². The molecule has 0 amide bonds. The summed E-state index contributed by atoms with van der Waals surface area (Å²) in [7, 11) is 0. The fourth-order valence-electron chi connectivity index (χ4n) is 1.53. The molecule has 0 aliphatic heterocycles. The first-order valence-corrected chi connectivity index (χ1v) is 5.60. The highest BCUT2D eigenvalue weighted by atomic mass is 14.8. The van der Waals surface area contributed by atoms with Gasteiger partial charge in [-0.1, -0.05) is 43.7 Å². The molecule has 0 unspecified atom stereocenters. The first kappa shape index (κ1) is 11.3. The van der Waals surface area contributed by atoms with Crippen molar-refractivity contribution in [1.82, 2.24) is 5.32 Å². The van der Waals surface area contributed by atoms with E-state index in [1.165, 1.54) is 31.2 Å². The summed E-state index contributed by atoms with van der Waals surface area (Å²) < 4.78 is 0. The summed E-state index contributed by atoms with van der Waals surface area (Å²) >= 11 is 0. The third-order valence-electron chi connectivity index (χ3n) is 2.35. The zero-order valence-electron chi connectivity index (χ0n) is 9.08. The Balaban J connectivity index is 1.99. The Morgan fingerprint density at radius 1 is 1.00 bits per heavy atom. The van der Waals surface area contributed by atoms with Crippen molar-refractivity contribution < 1.29 is 0 Å². The van der Waals surface area contributed by atoms with Crippen LogP contribution in [0, 0.1) is 0 Å². The van der Waals surface area contributed by atoms with E-state index in [-0.39, 0.29) is 0 Å². The molecule has 1 rings (SSSR count). The lowest BCUT2D eigenvalue weighted by atomic mass is 10.1. The molecule has 0 bridgehead atoms. The molecule has 0 fully saturated rings. The van der Waals surface area contributed by atoms with Gasteiger partial charge in [0.25, 0.3) is 0 Å². The second-order valence-corrected chi connectivity index (χ2v) is 3.56. The SMILES string of the molecule is CC[N]CCCCCc1ccccc1. The Hall–Kier alpha value is -0.820. The van der Waals surface area contributed by atoms with Gasteiger partial charge in [-0.2, -0.15) is 0 Å². The van der Waals surface area contributed by atoms with Crippen molar-refractivity contribution in [3.63, 3.8) is 0 Å². The van der Waals surface area contributed by atoms with Crippen LogP contribution >= 0.6 is 0 Å². The van der Waals surface area contributed by atoms with Gasteiger partial charge in [0.05, 0.1) is 0 Å². The summed E-state index contributed by atoms with van der Waals surface area (Å²) in [6.07, 6.45) is 5.06. The number of aryl methyl sites for hydroxylation is 1. The first-order chi connectivity index (χ1) is 6.93. The molecule has 0 atom stereocenters. The minimum Gasteiger partial charge on any atom is -0.242 e. The second-order valence-electron chi connectivity index (χ2n) is 3.56. The predicted octanol–water partition coefficient (Wildman–Crippen LogP) is 3.02. The van der Waals surface area contributed by atoms with Crippen molar-refractivity contribution in [3.05, 3.63) is 35.9 Å². The van der Waals surface area contributed by atoms with Crippen molar-refractivity contribution in [2.45, 2.75) is 32.6 Å². The van der Waals surface area contributed by atoms with E-state index < -0.39 is 0 Å². The van der Waals surface area contributed by atoms with Gasteiger partial charge < -0.3 is 0 Å². The Bertz CT molecular complexity index is 218. The van der Waals surface area contributed by atoms with E-state index in [1.807, 2.05) is 0 Å².